The molecule has 174 valence electrons. The van der Waals surface area contributed by atoms with E-state index in [9.17, 15) is 4.79 Å². The van der Waals surface area contributed by atoms with Gasteiger partial charge in [-0.3, -0.25) is 4.79 Å². The summed E-state index contributed by atoms with van der Waals surface area (Å²) in [7, 11) is 0. The third kappa shape index (κ3) is 12.6. The van der Waals surface area contributed by atoms with E-state index in [1.165, 1.54) is 66.9 Å². The topological polar surface area (TPSA) is 26.3 Å². The molecule has 0 bridgehead atoms. The first-order valence-electron chi connectivity index (χ1n) is 12.2. The highest BCUT2D eigenvalue weighted by Gasteiger charge is 2.13. The van der Waals surface area contributed by atoms with E-state index in [2.05, 4.69) is 71.9 Å². The minimum Gasteiger partial charge on any atom is -0.461 e. The number of hydrogen-bond acceptors (Lipinski definition) is 2. The predicted octanol–water partition coefficient (Wildman–Crippen LogP) is 8.38. The Morgan fingerprint density at radius 2 is 1.32 bits per heavy atom. The molecule has 2 atom stereocenters. The number of esters is 1. The Morgan fingerprint density at radius 3 is 1.84 bits per heavy atom. The summed E-state index contributed by atoms with van der Waals surface area (Å²) >= 11 is 0. The monoisotopic (exact) mass is 426 g/mol. The number of rotatable bonds is 14. The zero-order valence-electron chi connectivity index (χ0n) is 21.2. The molecule has 0 aliphatic carbocycles. The van der Waals surface area contributed by atoms with Crippen molar-refractivity contribution in [1.29, 1.82) is 0 Å². The molecule has 0 radical (unpaired) electrons. The van der Waals surface area contributed by atoms with Crippen molar-refractivity contribution in [3.8, 4) is 0 Å². The molecule has 0 fully saturated rings. The predicted molar refractivity (Wildman–Crippen MR) is 134 cm³/mol. The Kier molecular flexibility index (Phi) is 13.2. The van der Waals surface area contributed by atoms with Crippen molar-refractivity contribution >= 4 is 5.97 Å². The number of allylic oxidation sites excluding steroid dienone is 4. The minimum atomic E-state index is -0.209. The van der Waals surface area contributed by atoms with Gasteiger partial charge in [-0.15, -0.1) is 0 Å². The minimum absolute atomic E-state index is 0.209. The van der Waals surface area contributed by atoms with Crippen LogP contribution in [-0.2, 0) is 29.0 Å². The van der Waals surface area contributed by atoms with Gasteiger partial charge >= 0.3 is 5.97 Å². The highest BCUT2D eigenvalue weighted by Crippen LogP contribution is 2.25. The molecular weight excluding hydrogens is 380 g/mol. The first-order chi connectivity index (χ1) is 14.7. The summed E-state index contributed by atoms with van der Waals surface area (Å²) in [5, 5.41) is 0. The van der Waals surface area contributed by atoms with E-state index in [1.54, 1.807) is 0 Å². The second-order valence-corrected chi connectivity index (χ2v) is 9.84. The fraction of sp³-hybridized carbons (Fsp3) is 0.621. The molecule has 0 aromatic heterocycles. The Bertz CT molecular complexity index is 718. The van der Waals surface area contributed by atoms with E-state index in [4.69, 9.17) is 4.74 Å². The lowest BCUT2D eigenvalue weighted by atomic mass is 9.88. The largest absolute Gasteiger partial charge is 0.461 e. The van der Waals surface area contributed by atoms with Gasteiger partial charge in [-0.25, -0.2) is 0 Å². The molecule has 0 aliphatic rings. The third-order valence-electron chi connectivity index (χ3n) is 6.02. The summed E-state index contributed by atoms with van der Waals surface area (Å²) in [6.07, 6.45) is 14.0. The molecule has 2 unspecified atom stereocenters. The van der Waals surface area contributed by atoms with Crippen molar-refractivity contribution in [3.05, 3.63) is 58.2 Å². The lowest BCUT2D eigenvalue weighted by Crippen LogP contribution is -2.08. The SMILES string of the molecule is CC(=O)OCc1cccc(CCC(C)CCC=C(C)C)c1CCC(C)CCC=C(C)C. The zero-order chi connectivity index (χ0) is 23.2. The fourth-order valence-electron chi connectivity index (χ4n) is 3.95. The van der Waals surface area contributed by atoms with Gasteiger partial charge in [-0.1, -0.05) is 55.3 Å². The molecule has 1 aromatic rings. The van der Waals surface area contributed by atoms with Crippen LogP contribution in [0.4, 0.5) is 0 Å². The maximum atomic E-state index is 11.4. The van der Waals surface area contributed by atoms with Gasteiger partial charge in [0.2, 0.25) is 0 Å². The van der Waals surface area contributed by atoms with Gasteiger partial charge in [0.1, 0.15) is 6.61 Å². The van der Waals surface area contributed by atoms with Crippen LogP contribution in [0.2, 0.25) is 0 Å². The van der Waals surface area contributed by atoms with E-state index < -0.39 is 0 Å². The standard InChI is InChI=1S/C29H46O2/c1-22(2)11-8-13-24(5)17-19-27-15-10-16-28(21-31-26(7)30)29(27)20-18-25(6)14-9-12-23(3)4/h10-12,15-16,24-25H,8-9,13-14,17-21H2,1-7H3. The van der Waals surface area contributed by atoms with E-state index in [0.717, 1.165) is 19.3 Å². The smallest absolute Gasteiger partial charge is 0.302 e. The number of ether oxygens (including phenoxy) is 1. The summed E-state index contributed by atoms with van der Waals surface area (Å²) in [6, 6.07) is 6.54. The molecule has 0 aliphatic heterocycles. The number of hydrogen-bond donors (Lipinski definition) is 0. The maximum Gasteiger partial charge on any atom is 0.302 e. The van der Waals surface area contributed by atoms with E-state index >= 15 is 0 Å². The van der Waals surface area contributed by atoms with Gasteiger partial charge in [0.15, 0.2) is 0 Å². The zero-order valence-corrected chi connectivity index (χ0v) is 21.2. The van der Waals surface area contributed by atoms with Crippen molar-refractivity contribution in [3.63, 3.8) is 0 Å². The lowest BCUT2D eigenvalue weighted by molar-refractivity contribution is -0.142. The highest BCUT2D eigenvalue weighted by atomic mass is 16.5. The number of aryl methyl sites for hydroxylation is 1. The summed E-state index contributed by atoms with van der Waals surface area (Å²) in [5.41, 5.74) is 6.84. The summed E-state index contributed by atoms with van der Waals surface area (Å²) in [4.78, 5) is 11.4. The molecule has 2 nitrogen and oxygen atoms in total. The lowest BCUT2D eigenvalue weighted by Gasteiger charge is -2.18. The fourth-order valence-corrected chi connectivity index (χ4v) is 3.95. The number of carbonyl (C=O) groups is 1. The van der Waals surface area contributed by atoms with Crippen LogP contribution in [0.25, 0.3) is 0 Å². The molecule has 2 heteroatoms. The van der Waals surface area contributed by atoms with Gasteiger partial charge in [0, 0.05) is 6.92 Å². The van der Waals surface area contributed by atoms with Crippen molar-refractivity contribution in [2.75, 3.05) is 0 Å². The van der Waals surface area contributed by atoms with E-state index in [1.807, 2.05) is 0 Å². The first-order valence-corrected chi connectivity index (χ1v) is 12.2. The van der Waals surface area contributed by atoms with Crippen LogP contribution in [0.1, 0.15) is 104 Å². The molecule has 1 rings (SSSR count). The summed E-state index contributed by atoms with van der Waals surface area (Å²) in [5.74, 6) is 1.19. The van der Waals surface area contributed by atoms with Crippen LogP contribution in [0.5, 0.6) is 0 Å². The second kappa shape index (κ2) is 15.1. The number of carbonyl (C=O) groups excluding carboxylic acids is 1. The van der Waals surface area contributed by atoms with Gasteiger partial charge < -0.3 is 4.74 Å². The van der Waals surface area contributed by atoms with E-state index in [0.29, 0.717) is 18.4 Å². The van der Waals surface area contributed by atoms with Crippen molar-refractivity contribution in [1.82, 2.24) is 0 Å². The Morgan fingerprint density at radius 1 is 0.806 bits per heavy atom. The highest BCUT2D eigenvalue weighted by molar-refractivity contribution is 5.66. The normalized spacial score (nSPS) is 12.7. The first kappa shape index (κ1) is 27.2. The van der Waals surface area contributed by atoms with Crippen molar-refractivity contribution in [2.45, 2.75) is 106 Å². The molecule has 0 saturated heterocycles. The van der Waals surface area contributed by atoms with Crippen LogP contribution in [0, 0.1) is 11.8 Å². The van der Waals surface area contributed by atoms with Crippen LogP contribution >= 0.6 is 0 Å². The summed E-state index contributed by atoms with van der Waals surface area (Å²) < 4.78 is 5.37. The molecule has 1 aromatic carbocycles. The van der Waals surface area contributed by atoms with E-state index in [-0.39, 0.29) is 5.97 Å². The average molecular weight is 427 g/mol. The van der Waals surface area contributed by atoms with Gasteiger partial charge in [0.05, 0.1) is 0 Å². The van der Waals surface area contributed by atoms with Crippen LogP contribution in [0.3, 0.4) is 0 Å². The van der Waals surface area contributed by atoms with Crippen molar-refractivity contribution < 1.29 is 9.53 Å². The number of benzene rings is 1. The average Bonchev–Trinajstić information content (AvgIpc) is 2.69. The molecule has 0 saturated carbocycles. The van der Waals surface area contributed by atoms with Crippen LogP contribution in [0.15, 0.2) is 41.5 Å². The molecule has 0 N–H and O–H groups in total. The van der Waals surface area contributed by atoms with Crippen LogP contribution in [-0.4, -0.2) is 5.97 Å². The maximum absolute atomic E-state index is 11.4. The van der Waals surface area contributed by atoms with Gasteiger partial charge in [-0.2, -0.15) is 0 Å². The molecule has 0 spiro atoms. The Labute approximate surface area is 192 Å². The summed E-state index contributed by atoms with van der Waals surface area (Å²) in [6.45, 7) is 15.3. The van der Waals surface area contributed by atoms with Crippen LogP contribution < -0.4 is 0 Å². The molecule has 0 amide bonds. The van der Waals surface area contributed by atoms with Gasteiger partial charge in [0.25, 0.3) is 0 Å². The molecule has 31 heavy (non-hydrogen) atoms. The van der Waals surface area contributed by atoms with Crippen molar-refractivity contribution in [2.24, 2.45) is 11.8 Å². The third-order valence-corrected chi connectivity index (χ3v) is 6.02. The molecular formula is C29H46O2. The van der Waals surface area contributed by atoms with Gasteiger partial charge in [-0.05, 0) is 108 Å². The Hall–Kier alpha value is -1.83. The molecule has 0 heterocycles. The quantitative estimate of drug-likeness (QED) is 0.220. The Balaban J connectivity index is 2.81. The second-order valence-electron chi connectivity index (χ2n) is 9.84.